The highest BCUT2D eigenvalue weighted by molar-refractivity contribution is 5.75. The van der Waals surface area contributed by atoms with Crippen LogP contribution in [0, 0.1) is 20.2 Å². The van der Waals surface area contributed by atoms with Crippen molar-refractivity contribution in [2.45, 2.75) is 0 Å². The molecule has 17 heavy (non-hydrogen) atoms. The summed E-state index contributed by atoms with van der Waals surface area (Å²) in [6, 6.07) is 2.65. The minimum absolute atomic E-state index is 0.270. The second-order valence-corrected chi connectivity index (χ2v) is 2.84. The Morgan fingerprint density at radius 2 is 2.06 bits per heavy atom. The lowest BCUT2D eigenvalue weighted by Crippen LogP contribution is -2.13. The molecule has 1 rings (SSSR count). The van der Waals surface area contributed by atoms with Crippen molar-refractivity contribution in [2.24, 2.45) is 0 Å². The number of nitrogens with one attached hydrogen (secondary N) is 1. The zero-order chi connectivity index (χ0) is 13.9. The number of anilines is 1. The van der Waals surface area contributed by atoms with E-state index in [1.807, 2.05) is 0 Å². The molecule has 1 unspecified atom stereocenters. The van der Waals surface area contributed by atoms with Gasteiger partial charge in [0.1, 0.15) is 12.2 Å². The first-order valence-electron chi connectivity index (χ1n) is 4.75. The van der Waals surface area contributed by atoms with Gasteiger partial charge in [0.15, 0.2) is 0 Å². The molecule has 0 aliphatic rings. The Hall–Kier alpha value is -2.71. The van der Waals surface area contributed by atoms with Crippen LogP contribution in [0.15, 0.2) is 18.2 Å². The summed E-state index contributed by atoms with van der Waals surface area (Å²) < 4.78 is 7.07. The van der Waals surface area contributed by atoms with Gasteiger partial charge in [0, 0.05) is 6.07 Å². The molecule has 0 radical (unpaired) electrons. The van der Waals surface area contributed by atoms with Crippen LogP contribution in [0.1, 0.15) is 1.37 Å². The molecule has 2 N–H and O–H groups in total. The molecule has 0 fully saturated rings. The second kappa shape index (κ2) is 4.88. The van der Waals surface area contributed by atoms with Gasteiger partial charge >= 0.3 is 5.97 Å². The number of hydrogen-bond donors (Lipinski definition) is 2. The van der Waals surface area contributed by atoms with Gasteiger partial charge in [-0.1, -0.05) is 0 Å². The largest absolute Gasteiger partial charge is 0.480 e. The summed E-state index contributed by atoms with van der Waals surface area (Å²) in [7, 11) is 0. The molecule has 1 aromatic carbocycles. The number of benzene rings is 1. The molecule has 0 saturated heterocycles. The van der Waals surface area contributed by atoms with Crippen LogP contribution in [0.4, 0.5) is 17.1 Å². The van der Waals surface area contributed by atoms with Gasteiger partial charge in [-0.2, -0.15) is 0 Å². The van der Waals surface area contributed by atoms with Crippen molar-refractivity contribution in [3.05, 3.63) is 38.4 Å². The monoisotopic (exact) mass is 243 g/mol. The lowest BCUT2D eigenvalue weighted by Gasteiger charge is -2.03. The number of carboxylic acids is 1. The third kappa shape index (κ3) is 3.12. The fourth-order valence-electron chi connectivity index (χ4n) is 1.05. The van der Waals surface area contributed by atoms with E-state index in [1.165, 1.54) is 0 Å². The summed E-state index contributed by atoms with van der Waals surface area (Å²) in [6.07, 6.45) is 0. The van der Waals surface area contributed by atoms with Gasteiger partial charge in [-0.05, 0) is 6.07 Å². The zero-order valence-electron chi connectivity index (χ0n) is 9.19. The first-order chi connectivity index (χ1) is 8.32. The molecule has 1 atom stereocenters. The first kappa shape index (κ1) is 10.8. The fourth-order valence-corrected chi connectivity index (χ4v) is 1.05. The van der Waals surface area contributed by atoms with Crippen LogP contribution in [0.25, 0.3) is 0 Å². The Balaban J connectivity index is 3.16. The van der Waals surface area contributed by atoms with Crippen LogP contribution in [0.5, 0.6) is 0 Å². The molecule has 0 aliphatic carbocycles. The lowest BCUT2D eigenvalue weighted by molar-refractivity contribution is -0.393. The molecular weight excluding hydrogens is 234 g/mol. The molecule has 0 heterocycles. The number of rotatable bonds is 5. The molecule has 0 aromatic heterocycles. The van der Waals surface area contributed by atoms with Crippen LogP contribution in [0.3, 0.4) is 0 Å². The summed E-state index contributed by atoms with van der Waals surface area (Å²) in [4.78, 5) is 29.9. The molecule has 0 amide bonds. The Bertz CT molecular complexity index is 520. The summed E-state index contributed by atoms with van der Waals surface area (Å²) >= 11 is 0. The number of carboxylic acid groups (broad SMARTS) is 1. The normalized spacial score (nSPS) is 12.4. The summed E-state index contributed by atoms with van der Waals surface area (Å²) in [5.74, 6) is -1.53. The van der Waals surface area contributed by atoms with E-state index in [2.05, 4.69) is 5.32 Å². The minimum Gasteiger partial charge on any atom is -0.480 e. The van der Waals surface area contributed by atoms with E-state index in [9.17, 15) is 25.0 Å². The molecule has 0 aliphatic heterocycles. The molecule has 0 spiro atoms. The van der Waals surface area contributed by atoms with Crippen LogP contribution < -0.4 is 5.32 Å². The maximum absolute atomic E-state index is 10.7. The quantitative estimate of drug-likeness (QED) is 0.581. The first-order valence-corrected chi connectivity index (χ1v) is 4.17. The Morgan fingerprint density at radius 1 is 1.41 bits per heavy atom. The van der Waals surface area contributed by atoms with Gasteiger partial charge in [-0.15, -0.1) is 0 Å². The standard InChI is InChI=1S/C8H7N3O6/c12-8(13)4-9-6-2-1-5(10(14)15)3-7(6)11(16)17/h1-3,9H,4H2,(H,12,13)/i4T. The number of carbonyl (C=O) groups is 1. The number of hydrogen-bond acceptors (Lipinski definition) is 6. The highest BCUT2D eigenvalue weighted by Gasteiger charge is 2.19. The van der Waals surface area contributed by atoms with Gasteiger partial charge in [0.05, 0.1) is 17.3 Å². The van der Waals surface area contributed by atoms with E-state index in [0.29, 0.717) is 6.07 Å². The Morgan fingerprint density at radius 3 is 2.53 bits per heavy atom. The van der Waals surface area contributed by atoms with Gasteiger partial charge in [-0.3, -0.25) is 25.0 Å². The summed E-state index contributed by atoms with van der Waals surface area (Å²) in [5, 5.41) is 31.7. The van der Waals surface area contributed by atoms with Crippen molar-refractivity contribution in [1.82, 2.24) is 0 Å². The lowest BCUT2D eigenvalue weighted by atomic mass is 10.2. The second-order valence-electron chi connectivity index (χ2n) is 2.84. The number of nitro groups is 2. The van der Waals surface area contributed by atoms with Crippen molar-refractivity contribution >= 4 is 23.0 Å². The topological polar surface area (TPSA) is 136 Å². The van der Waals surface area contributed by atoms with E-state index in [4.69, 9.17) is 6.48 Å². The van der Waals surface area contributed by atoms with Gasteiger partial charge < -0.3 is 10.4 Å². The number of nitro benzene ring substituents is 2. The molecular formula is C8H7N3O6. The van der Waals surface area contributed by atoms with E-state index in [1.54, 1.807) is 0 Å². The summed E-state index contributed by atoms with van der Waals surface area (Å²) in [6.45, 7) is -1.80. The van der Waals surface area contributed by atoms with Crippen molar-refractivity contribution in [3.8, 4) is 0 Å². The molecule has 9 heteroatoms. The molecule has 9 nitrogen and oxygen atoms in total. The maximum Gasteiger partial charge on any atom is 0.322 e. The van der Waals surface area contributed by atoms with E-state index < -0.39 is 33.7 Å². The summed E-state index contributed by atoms with van der Waals surface area (Å²) in [5.41, 5.74) is -1.43. The van der Waals surface area contributed by atoms with Crippen LogP contribution >= 0.6 is 0 Å². The average Bonchev–Trinajstić information content (AvgIpc) is 2.28. The molecule has 0 bridgehead atoms. The van der Waals surface area contributed by atoms with E-state index in [0.717, 1.165) is 12.1 Å². The van der Waals surface area contributed by atoms with Gasteiger partial charge in [0.25, 0.3) is 11.4 Å². The Kier molecular flexibility index (Phi) is 3.10. The highest BCUT2D eigenvalue weighted by Crippen LogP contribution is 2.28. The van der Waals surface area contributed by atoms with Crippen molar-refractivity contribution < 1.29 is 21.1 Å². The fraction of sp³-hybridized carbons (Fsp3) is 0.125. The van der Waals surface area contributed by atoms with Crippen LogP contribution in [-0.2, 0) is 4.79 Å². The van der Waals surface area contributed by atoms with Crippen molar-refractivity contribution in [2.75, 3.05) is 11.8 Å². The molecule has 0 saturated carbocycles. The van der Waals surface area contributed by atoms with E-state index >= 15 is 0 Å². The van der Waals surface area contributed by atoms with E-state index in [-0.39, 0.29) is 5.69 Å². The van der Waals surface area contributed by atoms with Crippen molar-refractivity contribution in [3.63, 3.8) is 0 Å². The predicted molar refractivity (Wildman–Crippen MR) is 55.9 cm³/mol. The third-order valence-corrected chi connectivity index (χ3v) is 1.74. The van der Waals surface area contributed by atoms with Crippen molar-refractivity contribution in [1.29, 1.82) is 0 Å². The molecule has 1 aromatic rings. The maximum atomic E-state index is 10.7. The Labute approximate surface area is 95.4 Å². The zero-order valence-corrected chi connectivity index (χ0v) is 8.19. The van der Waals surface area contributed by atoms with Gasteiger partial charge in [0.2, 0.25) is 0 Å². The molecule has 90 valence electrons. The number of nitrogens with zero attached hydrogens (tertiary/aromatic N) is 2. The smallest absolute Gasteiger partial charge is 0.322 e. The minimum atomic E-state index is -1.80. The average molecular weight is 243 g/mol. The number of aliphatic carboxylic acids is 1. The van der Waals surface area contributed by atoms with Crippen LogP contribution in [-0.4, -0.2) is 27.4 Å². The predicted octanol–water partition coefficient (Wildman–Crippen LogP) is 0.999. The number of non-ortho nitro benzene ring substituents is 1. The van der Waals surface area contributed by atoms with Gasteiger partial charge in [-0.25, -0.2) is 0 Å². The third-order valence-electron chi connectivity index (χ3n) is 1.74. The van der Waals surface area contributed by atoms with Crippen LogP contribution in [0.2, 0.25) is 0 Å². The highest BCUT2D eigenvalue weighted by atomic mass is 16.6. The SMILES string of the molecule is [3H]C(Nc1ccc([N+](=O)[O-])cc1[N+](=O)[O-])C(=O)O.